The predicted molar refractivity (Wildman–Crippen MR) is 106 cm³/mol. The van der Waals surface area contributed by atoms with Gasteiger partial charge < -0.3 is 20.5 Å². The summed E-state index contributed by atoms with van der Waals surface area (Å²) in [5, 5.41) is 12.5. The fraction of sp³-hybridized carbons (Fsp3) is 0.0952. The highest BCUT2D eigenvalue weighted by Gasteiger charge is 2.14. The van der Waals surface area contributed by atoms with Crippen molar-refractivity contribution in [2.45, 2.75) is 6.92 Å². The Hall–Kier alpha value is -4.05. The quantitative estimate of drug-likeness (QED) is 0.621. The van der Waals surface area contributed by atoms with Gasteiger partial charge in [0.05, 0.1) is 17.9 Å². The van der Waals surface area contributed by atoms with E-state index in [-0.39, 0.29) is 23.1 Å². The Morgan fingerprint density at radius 2 is 1.89 bits per heavy atom. The molecule has 7 heteroatoms. The summed E-state index contributed by atoms with van der Waals surface area (Å²) < 4.78 is 10.7. The van der Waals surface area contributed by atoms with Crippen molar-refractivity contribution in [1.82, 2.24) is 4.98 Å². The first-order valence-electron chi connectivity index (χ1n) is 8.58. The fourth-order valence-electron chi connectivity index (χ4n) is 2.44. The lowest BCUT2D eigenvalue weighted by Gasteiger charge is -2.12. The number of nitrogens with one attached hydrogen (secondary N) is 1. The third kappa shape index (κ3) is 4.37. The number of esters is 1. The maximum absolute atomic E-state index is 11.7. The molecule has 0 saturated carbocycles. The van der Waals surface area contributed by atoms with Crippen LogP contribution in [0.2, 0.25) is 0 Å². The molecule has 1 heterocycles. The van der Waals surface area contributed by atoms with Gasteiger partial charge in [0, 0.05) is 11.8 Å². The minimum atomic E-state index is -0.381. The van der Waals surface area contributed by atoms with Gasteiger partial charge in [0.25, 0.3) is 0 Å². The zero-order valence-corrected chi connectivity index (χ0v) is 15.2. The molecule has 0 radical (unpaired) electrons. The molecule has 0 fully saturated rings. The Morgan fingerprint density at radius 3 is 2.54 bits per heavy atom. The highest BCUT2D eigenvalue weighted by Crippen LogP contribution is 2.30. The van der Waals surface area contributed by atoms with Gasteiger partial charge in [0.15, 0.2) is 0 Å². The number of para-hydroxylation sites is 1. The number of nitrogen functional groups attached to an aromatic ring is 1. The first-order chi connectivity index (χ1) is 13.6. The van der Waals surface area contributed by atoms with Crippen LogP contribution in [-0.2, 0) is 4.74 Å². The molecule has 7 nitrogen and oxygen atoms in total. The fourth-order valence-corrected chi connectivity index (χ4v) is 2.44. The van der Waals surface area contributed by atoms with E-state index in [1.54, 1.807) is 49.4 Å². The number of hydrogen-bond donors (Lipinski definition) is 2. The molecular weight excluding hydrogens is 356 g/mol. The van der Waals surface area contributed by atoms with Gasteiger partial charge in [-0.25, -0.2) is 4.79 Å². The number of ether oxygens (including phenoxy) is 2. The average molecular weight is 374 g/mol. The summed E-state index contributed by atoms with van der Waals surface area (Å²) in [6.45, 7) is 2.07. The van der Waals surface area contributed by atoms with Gasteiger partial charge >= 0.3 is 5.97 Å². The third-order valence-corrected chi connectivity index (χ3v) is 3.75. The molecule has 0 amide bonds. The second kappa shape index (κ2) is 8.56. The van der Waals surface area contributed by atoms with Crippen molar-refractivity contribution in [1.29, 1.82) is 5.26 Å². The SMILES string of the molecule is CCOC(=O)c1ccc(Nc2cc(N)c(C#N)c(Oc3ccccc3)n2)cc1. The van der Waals surface area contributed by atoms with Crippen molar-refractivity contribution >= 4 is 23.2 Å². The number of nitrogens with zero attached hydrogens (tertiary/aromatic N) is 2. The lowest BCUT2D eigenvalue weighted by Crippen LogP contribution is -2.05. The molecule has 140 valence electrons. The second-order valence-electron chi connectivity index (χ2n) is 5.73. The lowest BCUT2D eigenvalue weighted by molar-refractivity contribution is 0.0526. The third-order valence-electron chi connectivity index (χ3n) is 3.75. The highest BCUT2D eigenvalue weighted by atomic mass is 16.5. The van der Waals surface area contributed by atoms with Gasteiger partial charge in [-0.3, -0.25) is 0 Å². The van der Waals surface area contributed by atoms with Crippen LogP contribution in [0.3, 0.4) is 0 Å². The van der Waals surface area contributed by atoms with Gasteiger partial charge in [-0.05, 0) is 43.3 Å². The van der Waals surface area contributed by atoms with E-state index in [2.05, 4.69) is 10.3 Å². The standard InChI is InChI=1S/C21H18N4O3/c1-2-27-21(26)14-8-10-15(11-9-14)24-19-12-18(23)17(13-22)20(25-19)28-16-6-4-3-5-7-16/h3-12H,2H2,1H3,(H3,23,24,25). The summed E-state index contributed by atoms with van der Waals surface area (Å²) in [7, 11) is 0. The van der Waals surface area contributed by atoms with Crippen molar-refractivity contribution in [2.24, 2.45) is 0 Å². The number of hydrogen-bond acceptors (Lipinski definition) is 7. The minimum absolute atomic E-state index is 0.111. The first kappa shape index (κ1) is 18.7. The number of nitriles is 1. The van der Waals surface area contributed by atoms with Crippen LogP contribution in [0.15, 0.2) is 60.7 Å². The number of carbonyl (C=O) groups excluding carboxylic acids is 1. The van der Waals surface area contributed by atoms with Crippen molar-refractivity contribution < 1.29 is 14.3 Å². The van der Waals surface area contributed by atoms with Crippen LogP contribution in [-0.4, -0.2) is 17.6 Å². The van der Waals surface area contributed by atoms with Crippen LogP contribution in [0.4, 0.5) is 17.2 Å². The zero-order valence-electron chi connectivity index (χ0n) is 15.2. The number of carbonyl (C=O) groups is 1. The van der Waals surface area contributed by atoms with Gasteiger partial charge in [0.2, 0.25) is 5.88 Å². The smallest absolute Gasteiger partial charge is 0.338 e. The number of pyridine rings is 1. The molecule has 0 aliphatic rings. The van der Waals surface area contributed by atoms with Crippen LogP contribution in [0.1, 0.15) is 22.8 Å². The van der Waals surface area contributed by atoms with E-state index in [0.717, 1.165) is 0 Å². The van der Waals surface area contributed by atoms with Crippen LogP contribution < -0.4 is 15.8 Å². The van der Waals surface area contributed by atoms with Gasteiger partial charge in [-0.2, -0.15) is 10.2 Å². The van der Waals surface area contributed by atoms with Gasteiger partial charge in [-0.15, -0.1) is 0 Å². The molecule has 0 saturated heterocycles. The Kier molecular flexibility index (Phi) is 5.72. The number of rotatable bonds is 6. The molecule has 1 aromatic heterocycles. The largest absolute Gasteiger partial charge is 0.462 e. The van der Waals surface area contributed by atoms with Crippen molar-refractivity contribution in [3.8, 4) is 17.7 Å². The van der Waals surface area contributed by atoms with E-state index in [4.69, 9.17) is 15.2 Å². The summed E-state index contributed by atoms with van der Waals surface area (Å²) in [6.07, 6.45) is 0. The first-order valence-corrected chi connectivity index (χ1v) is 8.58. The lowest BCUT2D eigenvalue weighted by atomic mass is 10.2. The molecule has 0 spiro atoms. The summed E-state index contributed by atoms with van der Waals surface area (Å²) in [5.41, 5.74) is 7.54. The van der Waals surface area contributed by atoms with Gasteiger partial charge in [0.1, 0.15) is 23.2 Å². The molecular formula is C21H18N4O3. The summed E-state index contributed by atoms with van der Waals surface area (Å²) >= 11 is 0. The highest BCUT2D eigenvalue weighted by molar-refractivity contribution is 5.89. The van der Waals surface area contributed by atoms with E-state index in [0.29, 0.717) is 29.4 Å². The summed E-state index contributed by atoms with van der Waals surface area (Å²) in [5.74, 6) is 0.681. The molecule has 0 aliphatic heterocycles. The monoisotopic (exact) mass is 374 g/mol. The van der Waals surface area contributed by atoms with Crippen molar-refractivity contribution in [2.75, 3.05) is 17.7 Å². The minimum Gasteiger partial charge on any atom is -0.462 e. The van der Waals surface area contributed by atoms with Crippen LogP contribution in [0.25, 0.3) is 0 Å². The number of anilines is 3. The van der Waals surface area contributed by atoms with Crippen LogP contribution in [0, 0.1) is 11.3 Å². The molecule has 0 aliphatic carbocycles. The Balaban J connectivity index is 1.84. The zero-order chi connectivity index (χ0) is 19.9. The molecule has 3 rings (SSSR count). The molecule has 0 bridgehead atoms. The average Bonchev–Trinajstić information content (AvgIpc) is 2.69. The molecule has 3 N–H and O–H groups in total. The maximum atomic E-state index is 11.7. The molecule has 0 unspecified atom stereocenters. The normalized spacial score (nSPS) is 10.0. The van der Waals surface area contributed by atoms with E-state index >= 15 is 0 Å². The van der Waals surface area contributed by atoms with Crippen LogP contribution >= 0.6 is 0 Å². The van der Waals surface area contributed by atoms with Crippen molar-refractivity contribution in [3.05, 3.63) is 71.8 Å². The predicted octanol–water partition coefficient (Wildman–Crippen LogP) is 4.25. The Bertz CT molecular complexity index is 1010. The number of benzene rings is 2. The number of nitrogens with two attached hydrogens (primary N) is 1. The van der Waals surface area contributed by atoms with E-state index in [1.165, 1.54) is 0 Å². The summed E-state index contributed by atoms with van der Waals surface area (Å²) in [4.78, 5) is 16.1. The maximum Gasteiger partial charge on any atom is 0.338 e. The molecule has 0 atom stereocenters. The number of aromatic nitrogens is 1. The van der Waals surface area contributed by atoms with Gasteiger partial charge in [-0.1, -0.05) is 18.2 Å². The van der Waals surface area contributed by atoms with Crippen molar-refractivity contribution in [3.63, 3.8) is 0 Å². The Morgan fingerprint density at radius 1 is 1.18 bits per heavy atom. The topological polar surface area (TPSA) is 110 Å². The molecule has 28 heavy (non-hydrogen) atoms. The van der Waals surface area contributed by atoms with E-state index in [1.807, 2.05) is 24.3 Å². The Labute approximate surface area is 162 Å². The molecule has 2 aromatic carbocycles. The second-order valence-corrected chi connectivity index (χ2v) is 5.73. The van der Waals surface area contributed by atoms with E-state index in [9.17, 15) is 10.1 Å². The van der Waals surface area contributed by atoms with Crippen LogP contribution in [0.5, 0.6) is 11.6 Å². The molecule has 3 aromatic rings. The summed E-state index contributed by atoms with van der Waals surface area (Å²) in [6, 6.07) is 19.3. The van der Waals surface area contributed by atoms with E-state index < -0.39 is 0 Å².